The molecular formula is C18H34NOP. The molecule has 2 atom stereocenters. The summed E-state index contributed by atoms with van der Waals surface area (Å²) in [5, 5.41) is 1.25. The van der Waals surface area contributed by atoms with Crippen molar-refractivity contribution in [2.45, 2.75) is 60.3 Å². The molecule has 3 heteroatoms. The molecule has 0 fully saturated rings. The SMILES string of the molecule is CCC(C)C(=O)CN.CCCCC.Cc1cccc(P)c1. The summed E-state index contributed by atoms with van der Waals surface area (Å²) in [6.07, 6.45) is 4.98. The molecule has 2 N–H and O–H groups in total. The first-order valence-electron chi connectivity index (χ1n) is 7.97. The highest BCUT2D eigenvalue weighted by Crippen LogP contribution is 1.99. The fraction of sp³-hybridized carbons (Fsp3) is 0.611. The highest BCUT2D eigenvalue weighted by Gasteiger charge is 2.06. The molecule has 0 saturated carbocycles. The predicted molar refractivity (Wildman–Crippen MR) is 99.2 cm³/mol. The van der Waals surface area contributed by atoms with E-state index in [1.165, 1.54) is 30.1 Å². The summed E-state index contributed by atoms with van der Waals surface area (Å²) in [6, 6.07) is 8.34. The molecule has 1 aromatic rings. The number of carbonyl (C=O) groups excluding carboxylic acids is 1. The fourth-order valence-corrected chi connectivity index (χ4v) is 1.83. The minimum atomic E-state index is 0.153. The van der Waals surface area contributed by atoms with Crippen LogP contribution in [-0.4, -0.2) is 12.3 Å². The van der Waals surface area contributed by atoms with Gasteiger partial charge in [0.2, 0.25) is 0 Å². The molecule has 0 bridgehead atoms. The van der Waals surface area contributed by atoms with Gasteiger partial charge in [0.05, 0.1) is 6.54 Å². The maximum absolute atomic E-state index is 10.6. The summed E-state index contributed by atoms with van der Waals surface area (Å²) >= 11 is 0. The Hall–Kier alpha value is -0.720. The molecule has 0 spiro atoms. The van der Waals surface area contributed by atoms with E-state index < -0.39 is 0 Å². The van der Waals surface area contributed by atoms with Crippen molar-refractivity contribution >= 4 is 20.3 Å². The molecule has 0 heterocycles. The normalized spacial score (nSPS) is 10.6. The van der Waals surface area contributed by atoms with Gasteiger partial charge in [0, 0.05) is 5.92 Å². The van der Waals surface area contributed by atoms with Gasteiger partial charge in [-0.25, -0.2) is 0 Å². The Labute approximate surface area is 134 Å². The minimum Gasteiger partial charge on any atom is -0.324 e. The zero-order valence-electron chi connectivity index (χ0n) is 14.5. The molecule has 0 aromatic heterocycles. The van der Waals surface area contributed by atoms with Gasteiger partial charge in [0.15, 0.2) is 0 Å². The lowest BCUT2D eigenvalue weighted by molar-refractivity contribution is -0.121. The van der Waals surface area contributed by atoms with Gasteiger partial charge in [-0.3, -0.25) is 4.79 Å². The Bertz CT molecular complexity index is 347. The maximum atomic E-state index is 10.6. The zero-order valence-corrected chi connectivity index (χ0v) is 15.6. The average Bonchev–Trinajstić information content (AvgIpc) is 2.47. The van der Waals surface area contributed by atoms with Crippen molar-refractivity contribution in [1.29, 1.82) is 0 Å². The van der Waals surface area contributed by atoms with Crippen LogP contribution in [0.5, 0.6) is 0 Å². The third-order valence-corrected chi connectivity index (χ3v) is 3.47. The van der Waals surface area contributed by atoms with E-state index in [9.17, 15) is 4.79 Å². The molecule has 1 rings (SSSR count). The number of rotatable bonds is 5. The summed E-state index contributed by atoms with van der Waals surface area (Å²) < 4.78 is 0. The summed E-state index contributed by atoms with van der Waals surface area (Å²) in [5.41, 5.74) is 6.42. The largest absolute Gasteiger partial charge is 0.324 e. The van der Waals surface area contributed by atoms with Gasteiger partial charge >= 0.3 is 0 Å². The van der Waals surface area contributed by atoms with Gasteiger partial charge in [0.1, 0.15) is 5.78 Å². The molecule has 122 valence electrons. The number of unbranched alkanes of at least 4 members (excludes halogenated alkanes) is 2. The smallest absolute Gasteiger partial charge is 0.149 e. The van der Waals surface area contributed by atoms with Crippen molar-refractivity contribution in [3.63, 3.8) is 0 Å². The van der Waals surface area contributed by atoms with Crippen molar-refractivity contribution in [3.05, 3.63) is 29.8 Å². The summed E-state index contributed by atoms with van der Waals surface area (Å²) in [4.78, 5) is 10.6. The molecule has 1 aromatic carbocycles. The number of hydrogen-bond donors (Lipinski definition) is 1. The molecule has 0 saturated heterocycles. The molecule has 0 amide bonds. The van der Waals surface area contributed by atoms with Crippen LogP contribution in [0.4, 0.5) is 0 Å². The van der Waals surface area contributed by atoms with Crippen LogP contribution in [0.1, 0.15) is 58.9 Å². The second-order valence-corrected chi connectivity index (χ2v) is 5.91. The third kappa shape index (κ3) is 15.5. The first kappa shape index (κ1) is 22.6. The lowest BCUT2D eigenvalue weighted by Crippen LogP contribution is -2.20. The van der Waals surface area contributed by atoms with Crippen LogP contribution in [0.2, 0.25) is 0 Å². The van der Waals surface area contributed by atoms with Crippen LogP contribution in [0.15, 0.2) is 24.3 Å². The minimum absolute atomic E-state index is 0.153. The summed E-state index contributed by atoms with van der Waals surface area (Å²) in [6.45, 7) is 10.6. The van der Waals surface area contributed by atoms with Gasteiger partial charge in [-0.1, -0.05) is 76.8 Å². The lowest BCUT2D eigenvalue weighted by atomic mass is 10.0. The molecule has 21 heavy (non-hydrogen) atoms. The van der Waals surface area contributed by atoms with Crippen LogP contribution in [0.3, 0.4) is 0 Å². The van der Waals surface area contributed by atoms with Crippen molar-refractivity contribution in [2.75, 3.05) is 6.54 Å². The summed E-state index contributed by atoms with van der Waals surface area (Å²) in [7, 11) is 2.66. The monoisotopic (exact) mass is 311 g/mol. The van der Waals surface area contributed by atoms with Gasteiger partial charge in [0.25, 0.3) is 0 Å². The van der Waals surface area contributed by atoms with Crippen LogP contribution in [0, 0.1) is 12.8 Å². The molecule has 2 unspecified atom stereocenters. The van der Waals surface area contributed by atoms with Crippen molar-refractivity contribution in [3.8, 4) is 0 Å². The van der Waals surface area contributed by atoms with Crippen LogP contribution < -0.4 is 11.0 Å². The van der Waals surface area contributed by atoms with Gasteiger partial charge in [-0.2, -0.15) is 0 Å². The molecule has 0 radical (unpaired) electrons. The number of nitrogens with two attached hydrogens (primary N) is 1. The Balaban J connectivity index is 0. The first-order chi connectivity index (χ1) is 9.92. The molecule has 2 nitrogen and oxygen atoms in total. The van der Waals surface area contributed by atoms with E-state index in [0.717, 1.165) is 6.42 Å². The number of carbonyl (C=O) groups is 1. The van der Waals surface area contributed by atoms with Crippen molar-refractivity contribution in [2.24, 2.45) is 11.7 Å². The Morgan fingerprint density at radius 3 is 2.00 bits per heavy atom. The summed E-state index contributed by atoms with van der Waals surface area (Å²) in [5.74, 6) is 0.312. The van der Waals surface area contributed by atoms with E-state index in [1.807, 2.05) is 13.8 Å². The first-order valence-corrected chi connectivity index (χ1v) is 8.55. The Morgan fingerprint density at radius 2 is 1.81 bits per heavy atom. The van der Waals surface area contributed by atoms with E-state index in [4.69, 9.17) is 5.73 Å². The van der Waals surface area contributed by atoms with E-state index in [1.54, 1.807) is 0 Å². The number of ketones is 1. The van der Waals surface area contributed by atoms with Crippen LogP contribution >= 0.6 is 9.24 Å². The topological polar surface area (TPSA) is 43.1 Å². The van der Waals surface area contributed by atoms with Crippen LogP contribution in [0.25, 0.3) is 0 Å². The van der Waals surface area contributed by atoms with Gasteiger partial charge in [-0.05, 0) is 18.6 Å². The highest BCUT2D eigenvalue weighted by molar-refractivity contribution is 7.27. The van der Waals surface area contributed by atoms with Crippen molar-refractivity contribution < 1.29 is 4.79 Å². The van der Waals surface area contributed by atoms with E-state index in [0.29, 0.717) is 0 Å². The second kappa shape index (κ2) is 15.7. The Morgan fingerprint density at radius 1 is 1.24 bits per heavy atom. The fourth-order valence-electron chi connectivity index (χ4n) is 1.45. The molecule has 0 aliphatic heterocycles. The average molecular weight is 311 g/mol. The predicted octanol–water partition coefficient (Wildman–Crippen LogP) is 4.25. The number of aryl methyl sites for hydroxylation is 1. The zero-order chi connectivity index (χ0) is 16.7. The Kier molecular flexibility index (Phi) is 16.8. The highest BCUT2D eigenvalue weighted by atomic mass is 31.0. The quantitative estimate of drug-likeness (QED) is 0.826. The van der Waals surface area contributed by atoms with E-state index in [-0.39, 0.29) is 18.2 Å². The standard InChI is InChI=1S/C7H9P.C6H13NO.C5H12/c1-6-3-2-4-7(8)5-6;1-3-5(2)6(8)4-7;1-3-5-4-2/h2-5H,8H2,1H3;5H,3-4,7H2,1-2H3;3-5H2,1-2H3. The molecular weight excluding hydrogens is 277 g/mol. The molecule has 0 aliphatic carbocycles. The lowest BCUT2D eigenvalue weighted by Gasteiger charge is -2.01. The van der Waals surface area contributed by atoms with E-state index >= 15 is 0 Å². The van der Waals surface area contributed by atoms with Gasteiger partial charge < -0.3 is 5.73 Å². The molecule has 0 aliphatic rings. The van der Waals surface area contributed by atoms with Crippen molar-refractivity contribution in [1.82, 2.24) is 0 Å². The number of hydrogen-bond acceptors (Lipinski definition) is 2. The third-order valence-electron chi connectivity index (χ3n) is 3.11. The maximum Gasteiger partial charge on any atom is 0.149 e. The van der Waals surface area contributed by atoms with Crippen LogP contribution in [-0.2, 0) is 4.79 Å². The number of Topliss-reactive ketones (excluding diaryl/α,β-unsaturated/α-hetero) is 1. The van der Waals surface area contributed by atoms with Gasteiger partial charge in [-0.15, -0.1) is 9.24 Å². The van der Waals surface area contributed by atoms with E-state index in [2.05, 4.69) is 54.3 Å². The second-order valence-electron chi connectivity index (χ2n) is 5.25. The number of benzene rings is 1.